The number of hydrogen-bond donors (Lipinski definition) is 1. The second-order valence-electron chi connectivity index (χ2n) is 4.15. The Kier molecular flexibility index (Phi) is 4.95. The first-order valence-electron chi connectivity index (χ1n) is 4.72. The smallest absolute Gasteiger partial charge is 0.220 e. The molecule has 1 unspecified atom stereocenters. The zero-order valence-corrected chi connectivity index (χ0v) is 8.85. The second kappa shape index (κ2) is 5.18. The van der Waals surface area contributed by atoms with Gasteiger partial charge in [0.1, 0.15) is 0 Å². The Labute approximate surface area is 75.7 Å². The third-order valence-electron chi connectivity index (χ3n) is 2.10. The molecular weight excluding hydrogens is 150 g/mol. The lowest BCUT2D eigenvalue weighted by atomic mass is 9.94. The summed E-state index contributed by atoms with van der Waals surface area (Å²) in [6, 6.07) is 0.261. The van der Waals surface area contributed by atoms with Gasteiger partial charge in [-0.2, -0.15) is 0 Å². The van der Waals surface area contributed by atoms with E-state index in [-0.39, 0.29) is 11.9 Å². The van der Waals surface area contributed by atoms with Crippen molar-refractivity contribution in [3.63, 3.8) is 0 Å². The van der Waals surface area contributed by atoms with Gasteiger partial charge < -0.3 is 5.32 Å². The number of amides is 1. The molecule has 0 heterocycles. The molecule has 72 valence electrons. The largest absolute Gasteiger partial charge is 0.354 e. The number of nitrogens with one attached hydrogen (secondary N) is 1. The van der Waals surface area contributed by atoms with E-state index in [1.54, 1.807) is 0 Å². The molecule has 0 aliphatic rings. The molecule has 1 N–H and O–H groups in total. The lowest BCUT2D eigenvalue weighted by Gasteiger charge is -2.16. The Morgan fingerprint density at radius 2 is 1.67 bits per heavy atom. The molecule has 0 fully saturated rings. The highest BCUT2D eigenvalue weighted by Crippen LogP contribution is 2.13. The van der Waals surface area contributed by atoms with Gasteiger partial charge in [0.2, 0.25) is 5.91 Å². The van der Waals surface area contributed by atoms with Crippen LogP contribution in [0.1, 0.15) is 41.0 Å². The van der Waals surface area contributed by atoms with Gasteiger partial charge in [-0.15, -0.1) is 0 Å². The maximum Gasteiger partial charge on any atom is 0.220 e. The first kappa shape index (κ1) is 11.5. The molecule has 0 bridgehead atoms. The van der Waals surface area contributed by atoms with Crippen LogP contribution in [0.15, 0.2) is 0 Å². The molecule has 0 aromatic carbocycles. The summed E-state index contributed by atoms with van der Waals surface area (Å²) in [4.78, 5) is 11.3. The number of hydrogen-bond acceptors (Lipinski definition) is 1. The maximum atomic E-state index is 11.3. The van der Waals surface area contributed by atoms with Crippen LogP contribution in [0.25, 0.3) is 0 Å². The third-order valence-corrected chi connectivity index (χ3v) is 2.10. The topological polar surface area (TPSA) is 29.1 Å². The minimum absolute atomic E-state index is 0.172. The SMILES string of the molecule is CC(C)NC(=O)CC(C)C(C)C. The molecule has 0 aliphatic carbocycles. The standard InChI is InChI=1S/C10H21NO/c1-7(2)9(5)6-10(12)11-8(3)4/h7-9H,6H2,1-5H3,(H,11,12). The average molecular weight is 171 g/mol. The van der Waals surface area contributed by atoms with Gasteiger partial charge in [-0.3, -0.25) is 4.79 Å². The van der Waals surface area contributed by atoms with Crippen molar-refractivity contribution in [2.24, 2.45) is 11.8 Å². The predicted octanol–water partition coefficient (Wildman–Crippen LogP) is 2.19. The van der Waals surface area contributed by atoms with E-state index in [1.807, 2.05) is 13.8 Å². The summed E-state index contributed by atoms with van der Waals surface area (Å²) in [5, 5.41) is 2.89. The Balaban J connectivity index is 3.69. The molecule has 12 heavy (non-hydrogen) atoms. The summed E-state index contributed by atoms with van der Waals surface area (Å²) >= 11 is 0. The highest BCUT2D eigenvalue weighted by atomic mass is 16.1. The Morgan fingerprint density at radius 3 is 2.00 bits per heavy atom. The molecule has 1 atom stereocenters. The van der Waals surface area contributed by atoms with E-state index in [4.69, 9.17) is 0 Å². The molecule has 0 aliphatic heterocycles. The van der Waals surface area contributed by atoms with Gasteiger partial charge >= 0.3 is 0 Å². The fourth-order valence-electron chi connectivity index (χ4n) is 0.909. The number of rotatable bonds is 4. The van der Waals surface area contributed by atoms with Gasteiger partial charge in [-0.05, 0) is 25.7 Å². The van der Waals surface area contributed by atoms with E-state index in [0.717, 1.165) is 0 Å². The molecule has 0 radical (unpaired) electrons. The van der Waals surface area contributed by atoms with E-state index in [1.165, 1.54) is 0 Å². The average Bonchev–Trinajstić information content (AvgIpc) is 1.84. The molecule has 0 spiro atoms. The van der Waals surface area contributed by atoms with E-state index in [2.05, 4.69) is 26.1 Å². The summed E-state index contributed by atoms with van der Waals surface area (Å²) in [5.41, 5.74) is 0. The van der Waals surface area contributed by atoms with E-state index in [9.17, 15) is 4.79 Å². The van der Waals surface area contributed by atoms with Gasteiger partial charge in [-0.1, -0.05) is 20.8 Å². The van der Waals surface area contributed by atoms with Crippen molar-refractivity contribution in [3.05, 3.63) is 0 Å². The first-order chi connectivity index (χ1) is 5.43. The minimum atomic E-state index is 0.172. The van der Waals surface area contributed by atoms with E-state index in [0.29, 0.717) is 18.3 Å². The van der Waals surface area contributed by atoms with Crippen LogP contribution in [0.4, 0.5) is 0 Å². The summed E-state index contributed by atoms with van der Waals surface area (Å²) in [5.74, 6) is 1.23. The summed E-state index contributed by atoms with van der Waals surface area (Å²) in [6.07, 6.45) is 0.649. The summed E-state index contributed by atoms with van der Waals surface area (Å²) in [7, 11) is 0. The monoisotopic (exact) mass is 171 g/mol. The fourth-order valence-corrected chi connectivity index (χ4v) is 0.909. The molecule has 1 amide bonds. The number of carbonyl (C=O) groups is 1. The van der Waals surface area contributed by atoms with Gasteiger partial charge in [0.25, 0.3) is 0 Å². The lowest BCUT2D eigenvalue weighted by Crippen LogP contribution is -2.31. The molecular formula is C10H21NO. The van der Waals surface area contributed by atoms with Crippen LogP contribution in [-0.2, 0) is 4.79 Å². The zero-order chi connectivity index (χ0) is 9.72. The van der Waals surface area contributed by atoms with Crippen LogP contribution in [0, 0.1) is 11.8 Å². The van der Waals surface area contributed by atoms with Crippen LogP contribution in [0.3, 0.4) is 0 Å². The first-order valence-corrected chi connectivity index (χ1v) is 4.72. The highest BCUT2D eigenvalue weighted by molar-refractivity contribution is 5.76. The Morgan fingerprint density at radius 1 is 1.17 bits per heavy atom. The van der Waals surface area contributed by atoms with Crippen LogP contribution >= 0.6 is 0 Å². The van der Waals surface area contributed by atoms with Gasteiger partial charge in [0.05, 0.1) is 0 Å². The van der Waals surface area contributed by atoms with Crippen molar-refractivity contribution in [2.75, 3.05) is 0 Å². The number of carbonyl (C=O) groups excluding carboxylic acids is 1. The van der Waals surface area contributed by atoms with Crippen LogP contribution in [-0.4, -0.2) is 11.9 Å². The van der Waals surface area contributed by atoms with Crippen LogP contribution in [0.5, 0.6) is 0 Å². The van der Waals surface area contributed by atoms with Crippen molar-refractivity contribution in [2.45, 2.75) is 47.1 Å². The van der Waals surface area contributed by atoms with Crippen molar-refractivity contribution >= 4 is 5.91 Å². The van der Waals surface area contributed by atoms with Crippen molar-refractivity contribution < 1.29 is 4.79 Å². The van der Waals surface area contributed by atoms with E-state index >= 15 is 0 Å². The van der Waals surface area contributed by atoms with Crippen LogP contribution in [0.2, 0.25) is 0 Å². The van der Waals surface area contributed by atoms with Gasteiger partial charge in [0, 0.05) is 12.5 Å². The van der Waals surface area contributed by atoms with Crippen molar-refractivity contribution in [1.29, 1.82) is 0 Å². The second-order valence-corrected chi connectivity index (χ2v) is 4.15. The molecule has 0 rings (SSSR count). The molecule has 2 nitrogen and oxygen atoms in total. The van der Waals surface area contributed by atoms with Gasteiger partial charge in [0.15, 0.2) is 0 Å². The lowest BCUT2D eigenvalue weighted by molar-refractivity contribution is -0.122. The minimum Gasteiger partial charge on any atom is -0.354 e. The van der Waals surface area contributed by atoms with Crippen LogP contribution < -0.4 is 5.32 Å². The molecule has 0 aromatic heterocycles. The normalized spacial score (nSPS) is 13.6. The highest BCUT2D eigenvalue weighted by Gasteiger charge is 2.12. The molecule has 0 saturated heterocycles. The third kappa shape index (κ3) is 5.16. The van der Waals surface area contributed by atoms with Crippen molar-refractivity contribution in [1.82, 2.24) is 5.32 Å². The predicted molar refractivity (Wildman–Crippen MR) is 51.9 cm³/mol. The molecule has 0 saturated carbocycles. The summed E-state index contributed by atoms with van der Waals surface area (Å²) in [6.45, 7) is 10.4. The van der Waals surface area contributed by atoms with E-state index < -0.39 is 0 Å². The maximum absolute atomic E-state index is 11.3. The molecule has 0 aromatic rings. The Hall–Kier alpha value is -0.530. The van der Waals surface area contributed by atoms with Crippen molar-refractivity contribution in [3.8, 4) is 0 Å². The van der Waals surface area contributed by atoms with Gasteiger partial charge in [-0.25, -0.2) is 0 Å². The fraction of sp³-hybridized carbons (Fsp3) is 0.900. The Bertz CT molecular complexity index is 141. The summed E-state index contributed by atoms with van der Waals surface area (Å²) < 4.78 is 0. The quantitative estimate of drug-likeness (QED) is 0.690. The molecule has 2 heteroatoms. The zero-order valence-electron chi connectivity index (χ0n) is 8.85.